The molecule has 3 saturated carbocycles. The van der Waals surface area contributed by atoms with Crippen molar-refractivity contribution >= 4 is 18.0 Å². The van der Waals surface area contributed by atoms with E-state index in [4.69, 9.17) is 30.4 Å². The van der Waals surface area contributed by atoms with Crippen molar-refractivity contribution in [1.29, 1.82) is 0 Å². The van der Waals surface area contributed by atoms with Gasteiger partial charge in [0.2, 0.25) is 5.91 Å². The fraction of sp³-hybridized carbons (Fsp3) is 0.719. The molecule has 7 N–H and O–H groups in total. The van der Waals surface area contributed by atoms with E-state index in [2.05, 4.69) is 18.3 Å². The van der Waals surface area contributed by atoms with Crippen molar-refractivity contribution < 1.29 is 43.5 Å². The summed E-state index contributed by atoms with van der Waals surface area (Å²) in [5.74, 6) is -0.245. The molecule has 1 aromatic rings. The average molecular weight is 618 g/mol. The molecule has 9 unspecified atom stereocenters. The molecule has 9 atom stereocenters. The second-order valence-electron chi connectivity index (χ2n) is 13.1. The SMILES string of the molecule is CC12CCC3c4ccc(O)cc4CCC3C1CCC2OC(=O)COCCOCCNC(=O)OC1CCC(N)C(O)C1C(N)=O. The van der Waals surface area contributed by atoms with Crippen molar-refractivity contribution in [1.82, 2.24) is 5.32 Å². The number of phenols is 1. The minimum Gasteiger partial charge on any atom is -0.508 e. The highest BCUT2D eigenvalue weighted by atomic mass is 16.6. The Bertz CT molecular complexity index is 1200. The Morgan fingerprint density at radius 2 is 1.82 bits per heavy atom. The van der Waals surface area contributed by atoms with Crippen LogP contribution in [0.25, 0.3) is 0 Å². The molecule has 1 aromatic carbocycles. The second kappa shape index (κ2) is 14.0. The lowest BCUT2D eigenvalue weighted by molar-refractivity contribution is -0.163. The molecule has 2 amide bonds. The van der Waals surface area contributed by atoms with Gasteiger partial charge >= 0.3 is 12.1 Å². The zero-order valence-corrected chi connectivity index (χ0v) is 25.5. The second-order valence-corrected chi connectivity index (χ2v) is 13.1. The predicted octanol–water partition coefficient (Wildman–Crippen LogP) is 1.87. The van der Waals surface area contributed by atoms with E-state index in [0.717, 1.165) is 38.5 Å². The van der Waals surface area contributed by atoms with Crippen LogP contribution in [0.15, 0.2) is 18.2 Å². The number of ether oxygens (including phenoxy) is 4. The lowest BCUT2D eigenvalue weighted by atomic mass is 9.55. The molecule has 12 nitrogen and oxygen atoms in total. The molecule has 0 aromatic heterocycles. The van der Waals surface area contributed by atoms with E-state index < -0.39 is 36.2 Å². The number of hydrogen-bond acceptors (Lipinski definition) is 10. The number of carbonyl (C=O) groups is 3. The van der Waals surface area contributed by atoms with Crippen LogP contribution in [0, 0.1) is 23.2 Å². The number of alkyl carbamates (subject to hydrolysis) is 1. The highest BCUT2D eigenvalue weighted by molar-refractivity contribution is 5.79. The number of benzene rings is 1. The number of hydrogen-bond donors (Lipinski definition) is 5. The first-order chi connectivity index (χ1) is 21.1. The molecule has 0 bridgehead atoms. The van der Waals surface area contributed by atoms with Crippen molar-refractivity contribution in [2.24, 2.45) is 34.6 Å². The lowest BCUT2D eigenvalue weighted by Crippen LogP contribution is -2.55. The summed E-state index contributed by atoms with van der Waals surface area (Å²) in [6.45, 7) is 2.92. The molecular formula is C32H47N3O9. The molecule has 0 aliphatic heterocycles. The largest absolute Gasteiger partial charge is 0.508 e. The Morgan fingerprint density at radius 3 is 2.61 bits per heavy atom. The van der Waals surface area contributed by atoms with E-state index in [9.17, 15) is 24.6 Å². The Labute approximate surface area is 258 Å². The average Bonchev–Trinajstić information content (AvgIpc) is 3.31. The highest BCUT2D eigenvalue weighted by Crippen LogP contribution is 2.61. The number of rotatable bonds is 11. The van der Waals surface area contributed by atoms with Crippen molar-refractivity contribution in [2.45, 2.75) is 88.6 Å². The third-order valence-electron chi connectivity index (χ3n) is 10.6. The zero-order chi connectivity index (χ0) is 31.4. The molecule has 44 heavy (non-hydrogen) atoms. The minimum absolute atomic E-state index is 0.0348. The molecule has 5 rings (SSSR count). The van der Waals surface area contributed by atoms with Gasteiger partial charge in [0.15, 0.2) is 0 Å². The monoisotopic (exact) mass is 617 g/mol. The van der Waals surface area contributed by atoms with E-state index in [1.54, 1.807) is 6.07 Å². The van der Waals surface area contributed by atoms with Crippen molar-refractivity contribution in [2.75, 3.05) is 33.0 Å². The smallest absolute Gasteiger partial charge is 0.407 e. The third kappa shape index (κ3) is 6.98. The summed E-state index contributed by atoms with van der Waals surface area (Å²) in [5.41, 5.74) is 13.8. The summed E-state index contributed by atoms with van der Waals surface area (Å²) >= 11 is 0. The number of nitrogens with one attached hydrogen (secondary N) is 1. The summed E-state index contributed by atoms with van der Waals surface area (Å²) in [6.07, 6.45) is 3.98. The van der Waals surface area contributed by atoms with Crippen LogP contribution in [0.4, 0.5) is 4.79 Å². The Morgan fingerprint density at radius 1 is 1.02 bits per heavy atom. The van der Waals surface area contributed by atoms with Gasteiger partial charge in [-0.25, -0.2) is 9.59 Å². The summed E-state index contributed by atoms with van der Waals surface area (Å²) in [6, 6.07) is 5.23. The van der Waals surface area contributed by atoms with Gasteiger partial charge in [0, 0.05) is 18.0 Å². The van der Waals surface area contributed by atoms with Crippen molar-refractivity contribution in [3.8, 4) is 5.75 Å². The topological polar surface area (TPSA) is 193 Å². The number of amides is 2. The molecule has 12 heteroatoms. The van der Waals surface area contributed by atoms with Gasteiger partial charge in [0.25, 0.3) is 0 Å². The number of primary amides is 1. The Kier molecular flexibility index (Phi) is 10.3. The van der Waals surface area contributed by atoms with Crippen LogP contribution in [-0.2, 0) is 35.0 Å². The highest BCUT2D eigenvalue weighted by Gasteiger charge is 2.56. The number of nitrogens with two attached hydrogens (primary N) is 2. The third-order valence-corrected chi connectivity index (χ3v) is 10.6. The van der Waals surface area contributed by atoms with Crippen LogP contribution in [0.1, 0.15) is 68.9 Å². The summed E-state index contributed by atoms with van der Waals surface area (Å²) < 4.78 is 22.2. The van der Waals surface area contributed by atoms with Crippen LogP contribution in [0.5, 0.6) is 5.75 Å². The van der Waals surface area contributed by atoms with Gasteiger partial charge in [-0.15, -0.1) is 0 Å². The maximum absolute atomic E-state index is 12.6. The molecule has 3 fully saturated rings. The molecule has 0 heterocycles. The molecule has 4 aliphatic carbocycles. The van der Waals surface area contributed by atoms with Crippen molar-refractivity contribution in [3.05, 3.63) is 29.3 Å². The van der Waals surface area contributed by atoms with E-state index in [-0.39, 0.29) is 50.5 Å². The van der Waals surface area contributed by atoms with Gasteiger partial charge in [-0.2, -0.15) is 0 Å². The first-order valence-corrected chi connectivity index (χ1v) is 15.9. The van der Waals surface area contributed by atoms with E-state index in [1.807, 2.05) is 6.07 Å². The van der Waals surface area contributed by atoms with Gasteiger partial charge in [-0.3, -0.25) is 4.79 Å². The number of aliphatic hydroxyl groups is 1. The fourth-order valence-electron chi connectivity index (χ4n) is 8.36. The molecule has 244 valence electrons. The first kappa shape index (κ1) is 32.5. The predicted molar refractivity (Wildman–Crippen MR) is 158 cm³/mol. The number of aliphatic hydroxyl groups excluding tert-OH is 1. The maximum atomic E-state index is 12.6. The van der Waals surface area contributed by atoms with Gasteiger partial charge < -0.3 is 45.9 Å². The van der Waals surface area contributed by atoms with Gasteiger partial charge in [0.05, 0.1) is 25.9 Å². The molecule has 0 saturated heterocycles. The van der Waals surface area contributed by atoms with Crippen LogP contribution in [0.2, 0.25) is 0 Å². The van der Waals surface area contributed by atoms with Gasteiger partial charge in [-0.1, -0.05) is 13.0 Å². The van der Waals surface area contributed by atoms with Crippen LogP contribution < -0.4 is 16.8 Å². The minimum atomic E-state index is -1.16. The maximum Gasteiger partial charge on any atom is 0.407 e. The summed E-state index contributed by atoms with van der Waals surface area (Å²) in [4.78, 5) is 36.5. The van der Waals surface area contributed by atoms with E-state index in [1.165, 1.54) is 11.1 Å². The number of aryl methyl sites for hydroxylation is 1. The number of fused-ring (bicyclic) bond motifs is 5. The number of aromatic hydroxyl groups is 1. The quantitative estimate of drug-likeness (QED) is 0.181. The van der Waals surface area contributed by atoms with Gasteiger partial charge in [-0.05, 0) is 92.4 Å². The lowest BCUT2D eigenvalue weighted by Gasteiger charge is -2.50. The molecule has 0 spiro atoms. The Balaban J connectivity index is 0.955. The van der Waals surface area contributed by atoms with E-state index in [0.29, 0.717) is 36.3 Å². The number of carbonyl (C=O) groups excluding carboxylic acids is 3. The van der Waals surface area contributed by atoms with E-state index >= 15 is 0 Å². The molecule has 0 radical (unpaired) electrons. The van der Waals surface area contributed by atoms with Crippen LogP contribution in [0.3, 0.4) is 0 Å². The zero-order valence-electron chi connectivity index (χ0n) is 25.5. The number of esters is 1. The standard InChI is InChI=1S/C32H47N3O9/c1-32-11-10-21-20-5-3-19(36)16-18(20)2-4-22(21)23(32)6-9-26(32)44-27(37)17-42-15-14-41-13-12-35-31(40)43-25-8-7-24(33)29(38)28(25)30(34)39/h3,5,16,21-26,28-29,36,38H,2,4,6-15,17,33H2,1H3,(H2,34,39)(H,35,40). The first-order valence-electron chi connectivity index (χ1n) is 15.9. The normalized spacial score (nSPS) is 34.2. The van der Waals surface area contributed by atoms with Crippen molar-refractivity contribution in [3.63, 3.8) is 0 Å². The number of phenolic OH excluding ortho intramolecular Hbond substituents is 1. The fourth-order valence-corrected chi connectivity index (χ4v) is 8.36. The molecular weight excluding hydrogens is 570 g/mol. The van der Waals surface area contributed by atoms with Crippen LogP contribution >= 0.6 is 0 Å². The van der Waals surface area contributed by atoms with Gasteiger partial charge in [0.1, 0.15) is 30.5 Å². The molecule has 4 aliphatic rings. The Hall–Kier alpha value is -2.93. The van der Waals surface area contributed by atoms with Crippen LogP contribution in [-0.4, -0.2) is 85.5 Å². The summed E-state index contributed by atoms with van der Waals surface area (Å²) in [7, 11) is 0. The summed E-state index contributed by atoms with van der Waals surface area (Å²) in [5, 5.41) is 22.6.